The van der Waals surface area contributed by atoms with E-state index in [-0.39, 0.29) is 17.6 Å². The van der Waals surface area contributed by atoms with E-state index < -0.39 is 0 Å². The third kappa shape index (κ3) is 4.17. The molecule has 3 aromatic heterocycles. The molecule has 0 spiro atoms. The average molecular weight is 425 g/mol. The summed E-state index contributed by atoms with van der Waals surface area (Å²) < 4.78 is 12.7. The first kappa shape index (κ1) is 20.0. The molecule has 4 aromatic rings. The van der Waals surface area contributed by atoms with Crippen LogP contribution >= 0.6 is 11.6 Å². The summed E-state index contributed by atoms with van der Waals surface area (Å²) in [7, 11) is 3.87. The molecule has 3 heterocycles. The molecule has 0 bridgehead atoms. The number of hydrogen-bond donors (Lipinski definition) is 1. The number of halogens is 1. The van der Waals surface area contributed by atoms with Crippen molar-refractivity contribution in [1.29, 1.82) is 0 Å². The van der Waals surface area contributed by atoms with Gasteiger partial charge in [-0.25, -0.2) is 4.68 Å². The second kappa shape index (κ2) is 8.61. The van der Waals surface area contributed by atoms with E-state index in [0.29, 0.717) is 23.0 Å². The Morgan fingerprint density at radius 2 is 1.87 bits per heavy atom. The highest BCUT2D eigenvalue weighted by molar-refractivity contribution is 6.30. The van der Waals surface area contributed by atoms with E-state index in [1.807, 2.05) is 49.3 Å². The number of hydrogen-bond acceptors (Lipinski definition) is 5. The highest BCUT2D eigenvalue weighted by Crippen LogP contribution is 2.25. The summed E-state index contributed by atoms with van der Waals surface area (Å²) in [6.07, 6.45) is 3.20. The van der Waals surface area contributed by atoms with E-state index in [1.165, 1.54) is 0 Å². The van der Waals surface area contributed by atoms with Crippen LogP contribution in [0.2, 0.25) is 5.02 Å². The molecule has 8 heteroatoms. The fourth-order valence-corrected chi connectivity index (χ4v) is 3.30. The first-order valence-electron chi connectivity index (χ1n) is 9.41. The summed E-state index contributed by atoms with van der Waals surface area (Å²) in [6.45, 7) is 0.378. The Bertz CT molecular complexity index is 1100. The lowest BCUT2D eigenvalue weighted by Crippen LogP contribution is -2.34. The molecule has 0 fully saturated rings. The van der Waals surface area contributed by atoms with Crippen LogP contribution in [0.1, 0.15) is 22.3 Å². The number of rotatable bonds is 7. The number of nitrogens with zero attached hydrogens (tertiary/aromatic N) is 3. The van der Waals surface area contributed by atoms with Gasteiger partial charge in [-0.05, 0) is 62.6 Å². The molecule has 0 saturated heterocycles. The van der Waals surface area contributed by atoms with Crippen molar-refractivity contribution >= 4 is 17.5 Å². The van der Waals surface area contributed by atoms with Crippen LogP contribution in [-0.2, 0) is 0 Å². The lowest BCUT2D eigenvalue weighted by Gasteiger charge is -2.22. The predicted octanol–water partition coefficient (Wildman–Crippen LogP) is 4.41. The molecule has 1 unspecified atom stereocenters. The summed E-state index contributed by atoms with van der Waals surface area (Å²) in [6, 6.07) is 16.2. The highest BCUT2D eigenvalue weighted by Gasteiger charge is 2.21. The van der Waals surface area contributed by atoms with Gasteiger partial charge in [0, 0.05) is 17.6 Å². The zero-order chi connectivity index (χ0) is 21.1. The van der Waals surface area contributed by atoms with E-state index in [0.717, 1.165) is 11.4 Å². The Morgan fingerprint density at radius 1 is 1.13 bits per heavy atom. The van der Waals surface area contributed by atoms with Crippen molar-refractivity contribution in [1.82, 2.24) is 20.0 Å². The van der Waals surface area contributed by atoms with E-state index in [9.17, 15) is 4.79 Å². The number of aromatic nitrogens is 2. The van der Waals surface area contributed by atoms with Crippen molar-refractivity contribution < 1.29 is 13.6 Å². The van der Waals surface area contributed by atoms with Crippen molar-refractivity contribution in [2.75, 3.05) is 20.6 Å². The number of furan rings is 2. The molecule has 1 amide bonds. The maximum Gasteiger partial charge on any atom is 0.271 e. The quantitative estimate of drug-likeness (QED) is 0.475. The largest absolute Gasteiger partial charge is 0.468 e. The minimum absolute atomic E-state index is 0.0909. The fourth-order valence-electron chi connectivity index (χ4n) is 3.17. The summed E-state index contributed by atoms with van der Waals surface area (Å²) in [5, 5.41) is 8.08. The first-order valence-corrected chi connectivity index (χ1v) is 9.78. The van der Waals surface area contributed by atoms with E-state index in [1.54, 1.807) is 41.5 Å². The van der Waals surface area contributed by atoms with Gasteiger partial charge in [0.25, 0.3) is 5.91 Å². The van der Waals surface area contributed by atoms with Gasteiger partial charge in [-0.3, -0.25) is 9.69 Å². The molecule has 1 atom stereocenters. The Hall–Kier alpha value is -3.29. The number of nitrogens with one attached hydrogen (secondary N) is 1. The van der Waals surface area contributed by atoms with Gasteiger partial charge in [-0.2, -0.15) is 5.10 Å². The Balaban J connectivity index is 1.60. The van der Waals surface area contributed by atoms with Crippen molar-refractivity contribution in [3.05, 3.63) is 83.6 Å². The van der Waals surface area contributed by atoms with Gasteiger partial charge in [-0.15, -0.1) is 0 Å². The Morgan fingerprint density at radius 3 is 2.50 bits per heavy atom. The number of carbonyl (C=O) groups is 1. The Kier molecular flexibility index (Phi) is 5.74. The topological polar surface area (TPSA) is 76.4 Å². The van der Waals surface area contributed by atoms with Crippen molar-refractivity contribution in [3.8, 4) is 17.1 Å². The molecule has 0 aliphatic rings. The van der Waals surface area contributed by atoms with Crippen LogP contribution < -0.4 is 5.32 Å². The lowest BCUT2D eigenvalue weighted by atomic mass is 10.2. The van der Waals surface area contributed by atoms with Crippen molar-refractivity contribution in [2.45, 2.75) is 6.04 Å². The van der Waals surface area contributed by atoms with Crippen molar-refractivity contribution in [2.24, 2.45) is 0 Å². The SMILES string of the molecule is CN(C)C(CNC(=O)c1cc(-c2ccco2)n(-c2ccc(Cl)cc2)n1)c1ccco1. The minimum Gasteiger partial charge on any atom is -0.468 e. The third-order valence-electron chi connectivity index (χ3n) is 4.74. The summed E-state index contributed by atoms with van der Waals surface area (Å²) >= 11 is 6.01. The number of likely N-dealkylation sites (N-methyl/N-ethyl adjacent to an activating group) is 1. The smallest absolute Gasteiger partial charge is 0.271 e. The number of carbonyl (C=O) groups excluding carboxylic acids is 1. The van der Waals surface area contributed by atoms with Crippen LogP contribution in [0.3, 0.4) is 0 Å². The summed E-state index contributed by atoms with van der Waals surface area (Å²) in [4.78, 5) is 14.9. The maximum absolute atomic E-state index is 12.9. The molecule has 1 N–H and O–H groups in total. The lowest BCUT2D eigenvalue weighted by molar-refractivity contribution is 0.0933. The fraction of sp³-hybridized carbons (Fsp3) is 0.182. The van der Waals surface area contributed by atoms with Crippen LogP contribution in [0.25, 0.3) is 17.1 Å². The molecule has 0 aliphatic heterocycles. The minimum atomic E-state index is -0.283. The highest BCUT2D eigenvalue weighted by atomic mass is 35.5. The van der Waals surface area contributed by atoms with Gasteiger partial charge in [0.15, 0.2) is 11.5 Å². The van der Waals surface area contributed by atoms with Crippen LogP contribution in [0.15, 0.2) is 76.0 Å². The molecule has 4 rings (SSSR count). The van der Waals surface area contributed by atoms with Gasteiger partial charge in [-0.1, -0.05) is 11.6 Å². The third-order valence-corrected chi connectivity index (χ3v) is 4.99. The number of benzene rings is 1. The standard InChI is InChI=1S/C22H21ClN4O3/c1-26(2)19(21-6-4-12-30-21)14-24-22(28)17-13-18(20-5-3-11-29-20)27(25-17)16-9-7-15(23)8-10-16/h3-13,19H,14H2,1-2H3,(H,24,28). The van der Waals surface area contributed by atoms with Crippen LogP contribution in [-0.4, -0.2) is 41.2 Å². The molecule has 30 heavy (non-hydrogen) atoms. The van der Waals surface area contributed by atoms with Gasteiger partial charge < -0.3 is 14.2 Å². The molecule has 0 aliphatic carbocycles. The van der Waals surface area contributed by atoms with Gasteiger partial charge in [0.2, 0.25) is 0 Å². The molecule has 7 nitrogen and oxygen atoms in total. The monoisotopic (exact) mass is 424 g/mol. The predicted molar refractivity (Wildman–Crippen MR) is 114 cm³/mol. The number of amides is 1. The first-order chi connectivity index (χ1) is 14.5. The van der Waals surface area contributed by atoms with Crippen LogP contribution in [0, 0.1) is 0 Å². The molecule has 0 radical (unpaired) electrons. The second-order valence-corrected chi connectivity index (χ2v) is 7.42. The van der Waals surface area contributed by atoms with Crippen LogP contribution in [0.4, 0.5) is 0 Å². The maximum atomic E-state index is 12.9. The normalized spacial score (nSPS) is 12.3. The molecule has 0 saturated carbocycles. The molecular weight excluding hydrogens is 404 g/mol. The molecular formula is C22H21ClN4O3. The van der Waals surface area contributed by atoms with E-state index in [2.05, 4.69) is 10.4 Å². The van der Waals surface area contributed by atoms with Gasteiger partial charge in [0.1, 0.15) is 11.5 Å². The van der Waals surface area contributed by atoms with E-state index in [4.69, 9.17) is 20.4 Å². The zero-order valence-corrected chi connectivity index (χ0v) is 17.3. The molecule has 154 valence electrons. The second-order valence-electron chi connectivity index (χ2n) is 6.99. The average Bonchev–Trinajstić information content (AvgIpc) is 3.49. The zero-order valence-electron chi connectivity index (χ0n) is 16.6. The van der Waals surface area contributed by atoms with Gasteiger partial charge in [0.05, 0.1) is 24.3 Å². The molecule has 1 aromatic carbocycles. The Labute approximate surface area is 178 Å². The van der Waals surface area contributed by atoms with Crippen LogP contribution in [0.5, 0.6) is 0 Å². The summed E-state index contributed by atoms with van der Waals surface area (Å²) in [5.41, 5.74) is 1.72. The summed E-state index contributed by atoms with van der Waals surface area (Å²) in [5.74, 6) is 1.11. The van der Waals surface area contributed by atoms with Gasteiger partial charge >= 0.3 is 0 Å². The van der Waals surface area contributed by atoms with E-state index >= 15 is 0 Å². The van der Waals surface area contributed by atoms with Crippen molar-refractivity contribution in [3.63, 3.8) is 0 Å².